The molecule has 0 aliphatic rings. The summed E-state index contributed by atoms with van der Waals surface area (Å²) in [6.07, 6.45) is 3.58. The molecule has 1 N–H and O–H groups in total. The molecule has 4 aromatic rings. The Morgan fingerprint density at radius 2 is 1.75 bits per heavy atom. The lowest BCUT2D eigenvalue weighted by Gasteiger charge is -2.04. The molecule has 0 amide bonds. The Balaban J connectivity index is 1.87. The molecule has 2 aromatic carbocycles. The minimum absolute atomic E-state index is 0.0344. The zero-order valence-corrected chi connectivity index (χ0v) is 13.0. The van der Waals surface area contributed by atoms with E-state index in [1.54, 1.807) is 12.3 Å². The summed E-state index contributed by atoms with van der Waals surface area (Å²) in [6.45, 7) is 2.03. The molecule has 118 valence electrons. The van der Waals surface area contributed by atoms with Crippen LogP contribution in [0.3, 0.4) is 0 Å². The number of H-pyrrole nitrogens is 1. The van der Waals surface area contributed by atoms with E-state index in [0.29, 0.717) is 5.69 Å². The van der Waals surface area contributed by atoms with Gasteiger partial charge >= 0.3 is 0 Å². The number of pyridine rings is 1. The fourth-order valence-corrected chi connectivity index (χ4v) is 2.96. The maximum Gasteiger partial charge on any atom is 0.135 e. The van der Waals surface area contributed by atoms with Crippen LogP contribution in [0.15, 0.2) is 60.9 Å². The van der Waals surface area contributed by atoms with E-state index >= 15 is 0 Å². The Labute approximate surface area is 137 Å². The largest absolute Gasteiger partial charge is 0.354 e. The Bertz CT molecular complexity index is 1030. The number of hydrogen-bond acceptors (Lipinski definition) is 1. The van der Waals surface area contributed by atoms with Gasteiger partial charge in [0.25, 0.3) is 0 Å². The molecule has 2 nitrogen and oxygen atoms in total. The van der Waals surface area contributed by atoms with Gasteiger partial charge < -0.3 is 4.98 Å². The first-order valence-electron chi connectivity index (χ1n) is 7.61. The molecule has 4 heteroatoms. The van der Waals surface area contributed by atoms with Crippen molar-refractivity contribution in [2.45, 2.75) is 6.92 Å². The standard InChI is InChI=1S/C20H14F2N2/c1-12-7-8-23-11-15(12)13-5-6-18-14(9-13)10-19(24-18)20-16(21)3-2-4-17(20)22/h2-11,24H,1H3. The van der Waals surface area contributed by atoms with Crippen LogP contribution >= 0.6 is 0 Å². The minimum atomic E-state index is -0.579. The molecular weight excluding hydrogens is 306 g/mol. The van der Waals surface area contributed by atoms with Crippen LogP contribution in [0.25, 0.3) is 33.3 Å². The summed E-state index contributed by atoms with van der Waals surface area (Å²) in [4.78, 5) is 7.26. The Hall–Kier alpha value is -3.01. The molecule has 0 aliphatic carbocycles. The van der Waals surface area contributed by atoms with E-state index in [9.17, 15) is 8.78 Å². The Morgan fingerprint density at radius 3 is 2.50 bits per heavy atom. The van der Waals surface area contributed by atoms with Gasteiger partial charge in [-0.15, -0.1) is 0 Å². The predicted molar refractivity (Wildman–Crippen MR) is 91.6 cm³/mol. The number of nitrogens with zero attached hydrogens (tertiary/aromatic N) is 1. The molecule has 0 spiro atoms. The number of nitrogens with one attached hydrogen (secondary N) is 1. The first-order valence-corrected chi connectivity index (χ1v) is 7.61. The second kappa shape index (κ2) is 5.57. The summed E-state index contributed by atoms with van der Waals surface area (Å²) >= 11 is 0. The first-order chi connectivity index (χ1) is 11.6. The van der Waals surface area contributed by atoms with Gasteiger partial charge in [-0.3, -0.25) is 4.98 Å². The number of halogens is 2. The van der Waals surface area contributed by atoms with E-state index in [-0.39, 0.29) is 5.56 Å². The van der Waals surface area contributed by atoms with Gasteiger partial charge in [0, 0.05) is 28.9 Å². The third-order valence-corrected chi connectivity index (χ3v) is 4.20. The number of benzene rings is 2. The van der Waals surface area contributed by atoms with Crippen LogP contribution in [-0.2, 0) is 0 Å². The second-order valence-corrected chi connectivity index (χ2v) is 5.77. The summed E-state index contributed by atoms with van der Waals surface area (Å²) in [5.41, 5.74) is 4.42. The number of fused-ring (bicyclic) bond motifs is 1. The molecule has 0 bridgehead atoms. The molecule has 24 heavy (non-hydrogen) atoms. The Kier molecular flexibility index (Phi) is 3.38. The molecular formula is C20H14F2N2. The van der Waals surface area contributed by atoms with Crippen LogP contribution in [-0.4, -0.2) is 9.97 Å². The lowest BCUT2D eigenvalue weighted by Crippen LogP contribution is -1.89. The van der Waals surface area contributed by atoms with E-state index < -0.39 is 11.6 Å². The molecule has 0 saturated heterocycles. The fourth-order valence-electron chi connectivity index (χ4n) is 2.96. The van der Waals surface area contributed by atoms with E-state index in [2.05, 4.69) is 9.97 Å². The number of aromatic nitrogens is 2. The lowest BCUT2D eigenvalue weighted by molar-refractivity contribution is 0.589. The molecule has 2 aromatic heterocycles. The van der Waals surface area contributed by atoms with Crippen molar-refractivity contribution in [3.63, 3.8) is 0 Å². The molecule has 2 heterocycles. The zero-order chi connectivity index (χ0) is 16.7. The maximum atomic E-state index is 14.0. The highest BCUT2D eigenvalue weighted by molar-refractivity contribution is 5.90. The first kappa shape index (κ1) is 14.6. The van der Waals surface area contributed by atoms with Crippen LogP contribution in [0.1, 0.15) is 5.56 Å². The zero-order valence-electron chi connectivity index (χ0n) is 13.0. The van der Waals surface area contributed by atoms with Gasteiger partial charge in [-0.25, -0.2) is 8.78 Å². The van der Waals surface area contributed by atoms with Crippen LogP contribution in [0.4, 0.5) is 8.78 Å². The SMILES string of the molecule is Cc1ccncc1-c1ccc2[nH]c(-c3c(F)cccc3F)cc2c1. The van der Waals surface area contributed by atoms with Crippen LogP contribution in [0.2, 0.25) is 0 Å². The maximum absolute atomic E-state index is 14.0. The quantitative estimate of drug-likeness (QED) is 0.520. The normalized spacial score (nSPS) is 11.1. The molecule has 4 rings (SSSR count). The van der Waals surface area contributed by atoms with Crippen molar-refractivity contribution in [3.05, 3.63) is 78.1 Å². The molecule has 0 unspecified atom stereocenters. The minimum Gasteiger partial charge on any atom is -0.354 e. The van der Waals surface area contributed by atoms with E-state index in [0.717, 1.165) is 27.6 Å². The van der Waals surface area contributed by atoms with Crippen molar-refractivity contribution >= 4 is 10.9 Å². The summed E-state index contributed by atoms with van der Waals surface area (Å²) < 4.78 is 28.0. The topological polar surface area (TPSA) is 28.7 Å². The smallest absolute Gasteiger partial charge is 0.135 e. The van der Waals surface area contributed by atoms with Gasteiger partial charge in [-0.2, -0.15) is 0 Å². The van der Waals surface area contributed by atoms with Crippen molar-refractivity contribution in [1.29, 1.82) is 0 Å². The summed E-state index contributed by atoms with van der Waals surface area (Å²) in [5.74, 6) is -1.16. The molecule has 0 aliphatic heterocycles. The van der Waals surface area contributed by atoms with Gasteiger partial charge in [0.15, 0.2) is 0 Å². The highest BCUT2D eigenvalue weighted by atomic mass is 19.1. The summed E-state index contributed by atoms with van der Waals surface area (Å²) in [6, 6.07) is 13.5. The second-order valence-electron chi connectivity index (χ2n) is 5.77. The van der Waals surface area contributed by atoms with Gasteiger partial charge in [0.1, 0.15) is 11.6 Å². The average Bonchev–Trinajstić information content (AvgIpc) is 2.97. The number of aryl methyl sites for hydroxylation is 1. The third-order valence-electron chi connectivity index (χ3n) is 4.20. The van der Waals surface area contributed by atoms with E-state index in [1.807, 2.05) is 37.4 Å². The van der Waals surface area contributed by atoms with Gasteiger partial charge in [0.05, 0.1) is 11.3 Å². The highest BCUT2D eigenvalue weighted by Crippen LogP contribution is 2.31. The average molecular weight is 320 g/mol. The Morgan fingerprint density at radius 1 is 0.958 bits per heavy atom. The van der Waals surface area contributed by atoms with Crippen LogP contribution in [0, 0.1) is 18.6 Å². The monoisotopic (exact) mass is 320 g/mol. The van der Waals surface area contributed by atoms with Crippen LogP contribution in [0.5, 0.6) is 0 Å². The van der Waals surface area contributed by atoms with Gasteiger partial charge in [-0.05, 0) is 54.4 Å². The van der Waals surface area contributed by atoms with Gasteiger partial charge in [-0.1, -0.05) is 12.1 Å². The molecule has 0 radical (unpaired) electrons. The summed E-state index contributed by atoms with van der Waals surface area (Å²) in [5, 5.41) is 0.897. The number of rotatable bonds is 2. The molecule has 0 atom stereocenters. The van der Waals surface area contributed by atoms with Crippen molar-refractivity contribution in [2.75, 3.05) is 0 Å². The van der Waals surface area contributed by atoms with Crippen LogP contribution < -0.4 is 0 Å². The van der Waals surface area contributed by atoms with Gasteiger partial charge in [0.2, 0.25) is 0 Å². The van der Waals surface area contributed by atoms with Crippen molar-refractivity contribution in [2.24, 2.45) is 0 Å². The number of aromatic amines is 1. The molecule has 0 saturated carbocycles. The lowest BCUT2D eigenvalue weighted by atomic mass is 10.0. The van der Waals surface area contributed by atoms with E-state index in [1.165, 1.54) is 18.2 Å². The van der Waals surface area contributed by atoms with E-state index in [4.69, 9.17) is 0 Å². The summed E-state index contributed by atoms with van der Waals surface area (Å²) in [7, 11) is 0. The molecule has 0 fully saturated rings. The van der Waals surface area contributed by atoms with Crippen molar-refractivity contribution < 1.29 is 8.78 Å². The fraction of sp³-hybridized carbons (Fsp3) is 0.0500. The highest BCUT2D eigenvalue weighted by Gasteiger charge is 2.14. The predicted octanol–water partition coefficient (Wildman–Crippen LogP) is 5.48. The van der Waals surface area contributed by atoms with Crippen molar-refractivity contribution in [1.82, 2.24) is 9.97 Å². The van der Waals surface area contributed by atoms with Crippen molar-refractivity contribution in [3.8, 4) is 22.4 Å². The third kappa shape index (κ3) is 2.36. The number of hydrogen-bond donors (Lipinski definition) is 1.